The third-order valence-corrected chi connectivity index (χ3v) is 4.12. The van der Waals surface area contributed by atoms with Crippen molar-refractivity contribution in [3.8, 4) is 0 Å². The van der Waals surface area contributed by atoms with Gasteiger partial charge in [0.1, 0.15) is 5.82 Å². The van der Waals surface area contributed by atoms with Crippen LogP contribution in [0.1, 0.15) is 38.6 Å². The third kappa shape index (κ3) is 2.09. The van der Waals surface area contributed by atoms with E-state index in [1.807, 2.05) is 6.07 Å². The summed E-state index contributed by atoms with van der Waals surface area (Å²) in [6, 6.07) is 5.28. The molecule has 1 heterocycles. The quantitative estimate of drug-likeness (QED) is 0.801. The van der Waals surface area contributed by atoms with Gasteiger partial charge in [0.2, 0.25) is 0 Å². The summed E-state index contributed by atoms with van der Waals surface area (Å²) in [5, 5.41) is 0. The summed E-state index contributed by atoms with van der Waals surface area (Å²) in [5.41, 5.74) is 1.82. The van der Waals surface area contributed by atoms with Crippen LogP contribution in [0.5, 0.6) is 0 Å². The van der Waals surface area contributed by atoms with E-state index >= 15 is 0 Å². The predicted octanol–water partition coefficient (Wildman–Crippen LogP) is 4.59. The first-order valence-electron chi connectivity index (χ1n) is 6.58. The van der Waals surface area contributed by atoms with Gasteiger partial charge in [-0.15, -0.1) is 0 Å². The summed E-state index contributed by atoms with van der Waals surface area (Å²) in [7, 11) is 0. The zero-order valence-electron chi connectivity index (χ0n) is 10.4. The molecule has 0 saturated heterocycles. The zero-order chi connectivity index (χ0) is 12.7. The average Bonchev–Trinajstić information content (AvgIpc) is 3.09. The lowest BCUT2D eigenvalue weighted by molar-refractivity contribution is 0.434. The molecule has 0 aliphatic heterocycles. The summed E-state index contributed by atoms with van der Waals surface area (Å²) >= 11 is 5.40. The monoisotopic (exact) mass is 264 g/mol. The number of halogens is 1. The molecule has 1 unspecified atom stereocenters. The van der Waals surface area contributed by atoms with Gasteiger partial charge in [-0.25, -0.2) is 4.39 Å². The molecular weight excluding hydrogens is 247 g/mol. The average molecular weight is 264 g/mol. The van der Waals surface area contributed by atoms with Crippen LogP contribution in [-0.2, 0) is 0 Å². The summed E-state index contributed by atoms with van der Waals surface area (Å²) in [5.74, 6) is 0.642. The fourth-order valence-electron chi connectivity index (χ4n) is 2.66. The number of imidazole rings is 1. The minimum absolute atomic E-state index is 0.221. The molecular formula is C14H17FN2S. The molecule has 1 aliphatic carbocycles. The number of rotatable bonds is 4. The minimum Gasteiger partial charge on any atom is -0.330 e. The smallest absolute Gasteiger partial charge is 0.178 e. The molecule has 0 radical (unpaired) electrons. The molecule has 3 rings (SSSR count). The van der Waals surface area contributed by atoms with E-state index in [1.165, 1.54) is 31.4 Å². The maximum atomic E-state index is 13.2. The molecule has 1 atom stereocenters. The summed E-state index contributed by atoms with van der Waals surface area (Å²) in [6.07, 6.45) is 4.95. The highest BCUT2D eigenvalue weighted by Gasteiger charge is 2.26. The second-order valence-electron chi connectivity index (χ2n) is 5.20. The Morgan fingerprint density at radius 1 is 1.50 bits per heavy atom. The molecule has 1 aromatic carbocycles. The molecule has 0 spiro atoms. The second-order valence-corrected chi connectivity index (χ2v) is 5.59. The highest BCUT2D eigenvalue weighted by molar-refractivity contribution is 7.71. The fourth-order valence-corrected chi connectivity index (χ4v) is 3.02. The Morgan fingerprint density at radius 2 is 2.28 bits per heavy atom. The third-order valence-electron chi connectivity index (χ3n) is 3.82. The van der Waals surface area contributed by atoms with Gasteiger partial charge >= 0.3 is 0 Å². The van der Waals surface area contributed by atoms with E-state index in [1.54, 1.807) is 0 Å². The van der Waals surface area contributed by atoms with Crippen molar-refractivity contribution in [1.29, 1.82) is 0 Å². The SMILES string of the molecule is CCC(CC1CC1)n1c(=S)[nH]c2cc(F)ccc21. The van der Waals surface area contributed by atoms with Crippen LogP contribution in [0.4, 0.5) is 4.39 Å². The van der Waals surface area contributed by atoms with Gasteiger partial charge in [0.05, 0.1) is 11.0 Å². The molecule has 96 valence electrons. The zero-order valence-corrected chi connectivity index (χ0v) is 11.3. The van der Waals surface area contributed by atoms with Crippen LogP contribution in [0, 0.1) is 16.5 Å². The van der Waals surface area contributed by atoms with Crippen molar-refractivity contribution < 1.29 is 4.39 Å². The first-order valence-corrected chi connectivity index (χ1v) is 6.99. The van der Waals surface area contributed by atoms with Crippen molar-refractivity contribution >= 4 is 23.3 Å². The number of fused-ring (bicyclic) bond motifs is 1. The molecule has 1 saturated carbocycles. The highest BCUT2D eigenvalue weighted by Crippen LogP contribution is 2.38. The molecule has 0 amide bonds. The lowest BCUT2D eigenvalue weighted by Gasteiger charge is -2.17. The van der Waals surface area contributed by atoms with Gasteiger partial charge in [0.15, 0.2) is 4.77 Å². The lowest BCUT2D eigenvalue weighted by atomic mass is 10.1. The van der Waals surface area contributed by atoms with Gasteiger partial charge in [-0.05, 0) is 49.2 Å². The molecule has 2 nitrogen and oxygen atoms in total. The second kappa shape index (κ2) is 4.50. The van der Waals surface area contributed by atoms with Gasteiger partial charge in [-0.1, -0.05) is 19.8 Å². The minimum atomic E-state index is -0.221. The molecule has 1 N–H and O–H groups in total. The van der Waals surface area contributed by atoms with Gasteiger partial charge in [0, 0.05) is 6.04 Å². The summed E-state index contributed by atoms with van der Waals surface area (Å²) in [4.78, 5) is 3.11. The molecule has 0 bridgehead atoms. The number of nitrogens with one attached hydrogen (secondary N) is 1. The maximum Gasteiger partial charge on any atom is 0.178 e. The number of H-pyrrole nitrogens is 1. The molecule has 4 heteroatoms. The van der Waals surface area contributed by atoms with Crippen LogP contribution in [0.25, 0.3) is 11.0 Å². The van der Waals surface area contributed by atoms with Crippen LogP contribution < -0.4 is 0 Å². The Labute approximate surface area is 111 Å². The van der Waals surface area contributed by atoms with E-state index in [0.717, 1.165) is 23.4 Å². The first kappa shape index (κ1) is 11.9. The summed E-state index contributed by atoms with van der Waals surface area (Å²) in [6.45, 7) is 2.19. The Morgan fingerprint density at radius 3 is 2.94 bits per heavy atom. The van der Waals surface area contributed by atoms with E-state index in [-0.39, 0.29) is 5.82 Å². The van der Waals surface area contributed by atoms with Crippen molar-refractivity contribution in [2.45, 2.75) is 38.6 Å². The number of hydrogen-bond donors (Lipinski definition) is 1. The van der Waals surface area contributed by atoms with Crippen molar-refractivity contribution in [1.82, 2.24) is 9.55 Å². The fraction of sp³-hybridized carbons (Fsp3) is 0.500. The van der Waals surface area contributed by atoms with Crippen LogP contribution in [0.15, 0.2) is 18.2 Å². The topological polar surface area (TPSA) is 20.7 Å². The number of aromatic amines is 1. The summed E-state index contributed by atoms with van der Waals surface area (Å²) < 4.78 is 16.1. The number of nitrogens with zero attached hydrogens (tertiary/aromatic N) is 1. The Balaban J connectivity index is 2.08. The van der Waals surface area contributed by atoms with Crippen molar-refractivity contribution in [3.63, 3.8) is 0 Å². The largest absolute Gasteiger partial charge is 0.330 e. The Hall–Kier alpha value is -1.16. The van der Waals surface area contributed by atoms with Gasteiger partial charge in [-0.2, -0.15) is 0 Å². The van der Waals surface area contributed by atoms with Crippen molar-refractivity contribution in [2.75, 3.05) is 0 Å². The molecule has 1 fully saturated rings. The standard InChI is InChI=1S/C14H17FN2S/c1-2-11(7-9-3-4-9)17-13-6-5-10(15)8-12(13)16-14(17)18/h5-6,8-9,11H,2-4,7H2,1H3,(H,16,18). The molecule has 1 aliphatic rings. The van der Waals surface area contributed by atoms with E-state index < -0.39 is 0 Å². The Kier molecular flexibility index (Phi) is 2.98. The van der Waals surface area contributed by atoms with E-state index in [2.05, 4.69) is 16.5 Å². The van der Waals surface area contributed by atoms with E-state index in [9.17, 15) is 4.39 Å². The maximum absolute atomic E-state index is 13.2. The van der Waals surface area contributed by atoms with Gasteiger partial charge in [-0.3, -0.25) is 0 Å². The van der Waals surface area contributed by atoms with E-state index in [0.29, 0.717) is 10.8 Å². The number of hydrogen-bond acceptors (Lipinski definition) is 1. The molecule has 18 heavy (non-hydrogen) atoms. The number of benzene rings is 1. The lowest BCUT2D eigenvalue weighted by Crippen LogP contribution is -2.09. The molecule has 2 aromatic rings. The van der Waals surface area contributed by atoms with Crippen LogP contribution in [-0.4, -0.2) is 9.55 Å². The Bertz CT molecular complexity index is 624. The molecule has 1 aromatic heterocycles. The predicted molar refractivity (Wildman–Crippen MR) is 73.7 cm³/mol. The normalized spacial score (nSPS) is 17.2. The van der Waals surface area contributed by atoms with Gasteiger partial charge < -0.3 is 9.55 Å². The van der Waals surface area contributed by atoms with Crippen LogP contribution >= 0.6 is 12.2 Å². The first-order chi connectivity index (χ1) is 8.69. The highest BCUT2D eigenvalue weighted by atomic mass is 32.1. The van der Waals surface area contributed by atoms with Crippen LogP contribution in [0.3, 0.4) is 0 Å². The number of aromatic nitrogens is 2. The van der Waals surface area contributed by atoms with Crippen molar-refractivity contribution in [3.05, 3.63) is 28.8 Å². The van der Waals surface area contributed by atoms with E-state index in [4.69, 9.17) is 12.2 Å². The van der Waals surface area contributed by atoms with Crippen LogP contribution in [0.2, 0.25) is 0 Å². The van der Waals surface area contributed by atoms with Crippen molar-refractivity contribution in [2.24, 2.45) is 5.92 Å². The van der Waals surface area contributed by atoms with Gasteiger partial charge in [0.25, 0.3) is 0 Å².